The van der Waals surface area contributed by atoms with E-state index in [1.807, 2.05) is 6.92 Å². The van der Waals surface area contributed by atoms with Gasteiger partial charge in [0.15, 0.2) is 5.96 Å². The zero-order chi connectivity index (χ0) is 18.9. The molecule has 0 saturated heterocycles. The second-order valence-corrected chi connectivity index (χ2v) is 7.39. The van der Waals surface area contributed by atoms with Gasteiger partial charge in [0.25, 0.3) is 0 Å². The summed E-state index contributed by atoms with van der Waals surface area (Å²) in [6.45, 7) is 8.41. The third-order valence-corrected chi connectivity index (χ3v) is 4.90. The molecule has 1 unspecified atom stereocenters. The molecule has 1 fully saturated rings. The molecule has 1 saturated carbocycles. The highest BCUT2D eigenvalue weighted by molar-refractivity contribution is 5.79. The molecule has 0 aliphatic heterocycles. The third-order valence-electron chi connectivity index (χ3n) is 4.90. The molecule has 0 aromatic carbocycles. The Labute approximate surface area is 157 Å². The Kier molecular flexibility index (Phi) is 7.97. The smallest absolute Gasteiger partial charge is 0.191 e. The van der Waals surface area contributed by atoms with Crippen LogP contribution in [-0.2, 0) is 10.3 Å². The van der Waals surface area contributed by atoms with Gasteiger partial charge < -0.3 is 24.9 Å². The maximum atomic E-state index is 10.6. The topological polar surface area (TPSA) is 79.0 Å². The van der Waals surface area contributed by atoms with Crippen LogP contribution in [0.2, 0.25) is 0 Å². The van der Waals surface area contributed by atoms with Crippen molar-refractivity contribution in [3.63, 3.8) is 0 Å². The molecule has 6 heteroatoms. The van der Waals surface area contributed by atoms with Gasteiger partial charge in [-0.15, -0.1) is 0 Å². The molecule has 1 aliphatic carbocycles. The van der Waals surface area contributed by atoms with Gasteiger partial charge in [-0.05, 0) is 45.2 Å². The van der Waals surface area contributed by atoms with Gasteiger partial charge in [-0.1, -0.05) is 26.2 Å². The number of aliphatic hydroxyl groups is 1. The van der Waals surface area contributed by atoms with E-state index in [1.165, 1.54) is 19.3 Å². The third kappa shape index (κ3) is 6.02. The Bertz CT molecular complexity index is 535. The fourth-order valence-electron chi connectivity index (χ4n) is 3.37. The monoisotopic (exact) mass is 365 g/mol. The number of rotatable bonds is 9. The number of aliphatic imine (C=N–C) groups is 1. The maximum absolute atomic E-state index is 10.6. The summed E-state index contributed by atoms with van der Waals surface area (Å²) < 4.78 is 11.6. The van der Waals surface area contributed by atoms with E-state index in [9.17, 15) is 5.11 Å². The van der Waals surface area contributed by atoms with Crippen molar-refractivity contribution in [2.75, 3.05) is 26.2 Å². The summed E-state index contributed by atoms with van der Waals surface area (Å²) in [5.41, 5.74) is -1.24. The summed E-state index contributed by atoms with van der Waals surface area (Å²) >= 11 is 0. The van der Waals surface area contributed by atoms with Crippen LogP contribution in [0.15, 0.2) is 27.8 Å². The predicted molar refractivity (Wildman–Crippen MR) is 104 cm³/mol. The Balaban J connectivity index is 1.99. The Morgan fingerprint density at radius 2 is 2.08 bits per heavy atom. The lowest BCUT2D eigenvalue weighted by atomic mass is 9.84. The first-order valence-corrected chi connectivity index (χ1v) is 9.94. The minimum atomic E-state index is -1.13. The Hall–Kier alpha value is -1.53. The largest absolute Gasteiger partial charge is 0.466 e. The number of hydrogen-bond acceptors (Lipinski definition) is 4. The van der Waals surface area contributed by atoms with Crippen LogP contribution in [0.3, 0.4) is 0 Å². The van der Waals surface area contributed by atoms with E-state index in [0.29, 0.717) is 11.7 Å². The molecule has 1 heterocycles. The van der Waals surface area contributed by atoms with E-state index in [1.54, 1.807) is 25.3 Å². The van der Waals surface area contributed by atoms with Crippen LogP contribution in [0.4, 0.5) is 0 Å². The van der Waals surface area contributed by atoms with Gasteiger partial charge in [0.05, 0.1) is 18.4 Å². The van der Waals surface area contributed by atoms with Gasteiger partial charge in [0, 0.05) is 19.7 Å². The van der Waals surface area contributed by atoms with Crippen LogP contribution in [-0.4, -0.2) is 42.9 Å². The number of guanidine groups is 1. The molecule has 0 bridgehead atoms. The summed E-state index contributed by atoms with van der Waals surface area (Å²) in [7, 11) is 0. The minimum Gasteiger partial charge on any atom is -0.466 e. The van der Waals surface area contributed by atoms with Crippen LogP contribution in [0, 0.1) is 0 Å². The van der Waals surface area contributed by atoms with Crippen molar-refractivity contribution in [2.24, 2.45) is 4.99 Å². The number of nitrogens with zero attached hydrogens (tertiary/aromatic N) is 1. The van der Waals surface area contributed by atoms with E-state index < -0.39 is 5.60 Å². The van der Waals surface area contributed by atoms with Crippen molar-refractivity contribution >= 4 is 5.96 Å². The van der Waals surface area contributed by atoms with Gasteiger partial charge in [-0.3, -0.25) is 0 Å². The van der Waals surface area contributed by atoms with Gasteiger partial charge in [0.1, 0.15) is 11.4 Å². The highest BCUT2D eigenvalue weighted by atomic mass is 16.5. The van der Waals surface area contributed by atoms with Gasteiger partial charge in [0.2, 0.25) is 0 Å². The van der Waals surface area contributed by atoms with Crippen LogP contribution >= 0.6 is 0 Å². The molecule has 148 valence electrons. The molecule has 0 radical (unpaired) electrons. The van der Waals surface area contributed by atoms with E-state index in [2.05, 4.69) is 22.5 Å². The standard InChI is InChI=1S/C20H35N3O3/c1-4-13-26-20(11-7-6-8-12-20)16-23-18(21-5-2)22-15-19(3,24)17-10-9-14-25-17/h9-10,14,24H,4-8,11-13,15-16H2,1-3H3,(H2,21,22,23). The number of hydrogen-bond donors (Lipinski definition) is 3. The molecule has 2 rings (SSSR count). The Morgan fingerprint density at radius 3 is 2.69 bits per heavy atom. The lowest BCUT2D eigenvalue weighted by Gasteiger charge is -2.37. The fourth-order valence-corrected chi connectivity index (χ4v) is 3.37. The van der Waals surface area contributed by atoms with Crippen LogP contribution < -0.4 is 10.6 Å². The summed E-state index contributed by atoms with van der Waals surface area (Å²) in [5.74, 6) is 1.22. The Morgan fingerprint density at radius 1 is 1.31 bits per heavy atom. The molecule has 0 amide bonds. The van der Waals surface area contributed by atoms with Crippen LogP contribution in [0.5, 0.6) is 0 Å². The van der Waals surface area contributed by atoms with Crippen molar-refractivity contribution < 1.29 is 14.3 Å². The molecule has 1 aromatic rings. The lowest BCUT2D eigenvalue weighted by molar-refractivity contribution is -0.0657. The highest BCUT2D eigenvalue weighted by Gasteiger charge is 2.33. The van der Waals surface area contributed by atoms with Crippen molar-refractivity contribution in [1.29, 1.82) is 0 Å². The van der Waals surface area contributed by atoms with Crippen molar-refractivity contribution in [3.8, 4) is 0 Å². The van der Waals surface area contributed by atoms with Crippen molar-refractivity contribution in [1.82, 2.24) is 10.6 Å². The molecule has 1 atom stereocenters. The average Bonchev–Trinajstić information content (AvgIpc) is 3.19. The molecule has 1 aromatic heterocycles. The second kappa shape index (κ2) is 9.97. The van der Waals surface area contributed by atoms with E-state index in [0.717, 1.165) is 39.0 Å². The average molecular weight is 366 g/mol. The molecular formula is C20H35N3O3. The van der Waals surface area contributed by atoms with Crippen molar-refractivity contribution in [3.05, 3.63) is 24.2 Å². The van der Waals surface area contributed by atoms with E-state index in [-0.39, 0.29) is 12.1 Å². The SMILES string of the molecule is CCCOC1(CNC(=NCC(C)(O)c2ccco2)NCC)CCCCC1. The number of nitrogens with one attached hydrogen (secondary N) is 2. The zero-order valence-corrected chi connectivity index (χ0v) is 16.5. The van der Waals surface area contributed by atoms with E-state index >= 15 is 0 Å². The summed E-state index contributed by atoms with van der Waals surface area (Å²) in [6.07, 6.45) is 8.49. The highest BCUT2D eigenvalue weighted by Crippen LogP contribution is 2.31. The fraction of sp³-hybridized carbons (Fsp3) is 0.750. The lowest BCUT2D eigenvalue weighted by Crippen LogP contribution is -2.50. The first-order chi connectivity index (χ1) is 12.5. The molecular weight excluding hydrogens is 330 g/mol. The number of furan rings is 1. The summed E-state index contributed by atoms with van der Waals surface area (Å²) in [4.78, 5) is 4.57. The second-order valence-electron chi connectivity index (χ2n) is 7.39. The zero-order valence-electron chi connectivity index (χ0n) is 16.5. The minimum absolute atomic E-state index is 0.103. The molecule has 3 N–H and O–H groups in total. The molecule has 1 aliphatic rings. The number of ether oxygens (including phenoxy) is 1. The van der Waals surface area contributed by atoms with Crippen LogP contribution in [0.1, 0.15) is 65.1 Å². The first-order valence-electron chi connectivity index (χ1n) is 9.94. The van der Waals surface area contributed by atoms with E-state index in [4.69, 9.17) is 9.15 Å². The maximum Gasteiger partial charge on any atom is 0.191 e. The van der Waals surface area contributed by atoms with Crippen molar-refractivity contribution in [2.45, 2.75) is 70.5 Å². The molecule has 6 nitrogen and oxygen atoms in total. The van der Waals surface area contributed by atoms with Gasteiger partial charge >= 0.3 is 0 Å². The quantitative estimate of drug-likeness (QED) is 0.463. The normalized spacial score (nSPS) is 19.8. The van der Waals surface area contributed by atoms with Gasteiger partial charge in [-0.2, -0.15) is 0 Å². The van der Waals surface area contributed by atoms with Crippen LogP contribution in [0.25, 0.3) is 0 Å². The predicted octanol–water partition coefficient (Wildman–Crippen LogP) is 3.17. The van der Waals surface area contributed by atoms with Gasteiger partial charge in [-0.25, -0.2) is 4.99 Å². The summed E-state index contributed by atoms with van der Waals surface area (Å²) in [6, 6.07) is 3.54. The first kappa shape index (κ1) is 20.8. The molecule has 0 spiro atoms. The summed E-state index contributed by atoms with van der Waals surface area (Å²) in [5, 5.41) is 17.3. The molecule has 26 heavy (non-hydrogen) atoms.